The Hall–Kier alpha value is -2.41. The number of benzene rings is 2. The summed E-state index contributed by atoms with van der Waals surface area (Å²) in [5.74, 6) is -0.469. The van der Waals surface area contributed by atoms with E-state index in [4.69, 9.17) is 0 Å². The summed E-state index contributed by atoms with van der Waals surface area (Å²) < 4.78 is 38.2. The Labute approximate surface area is 146 Å². The summed E-state index contributed by atoms with van der Waals surface area (Å²) in [5, 5.41) is 0. The molecule has 25 heavy (non-hydrogen) atoms. The zero-order chi connectivity index (χ0) is 18.0. The molecule has 1 saturated heterocycles. The summed E-state index contributed by atoms with van der Waals surface area (Å²) in [7, 11) is -3.41. The molecule has 0 bridgehead atoms. The molecule has 0 aliphatic carbocycles. The molecule has 0 saturated carbocycles. The molecule has 1 fully saturated rings. The van der Waals surface area contributed by atoms with Gasteiger partial charge in [-0.2, -0.15) is 0 Å². The molecule has 1 heterocycles. The van der Waals surface area contributed by atoms with Crippen molar-refractivity contribution in [1.29, 1.82) is 0 Å². The van der Waals surface area contributed by atoms with E-state index < -0.39 is 10.0 Å². The van der Waals surface area contributed by atoms with Gasteiger partial charge in [-0.25, -0.2) is 12.8 Å². The van der Waals surface area contributed by atoms with Gasteiger partial charge in [0.1, 0.15) is 5.82 Å². The normalized spacial score (nSPS) is 17.5. The summed E-state index contributed by atoms with van der Waals surface area (Å²) in [6.45, 7) is 0.616. The molecule has 5 nitrogen and oxygen atoms in total. The smallest absolute Gasteiger partial charge is 0.254 e. The third-order valence-electron chi connectivity index (χ3n) is 4.18. The summed E-state index contributed by atoms with van der Waals surface area (Å²) in [6, 6.07) is 12.5. The predicted molar refractivity (Wildman–Crippen MR) is 94.3 cm³/mol. The summed E-state index contributed by atoms with van der Waals surface area (Å²) >= 11 is 0. The number of amides is 1. The fourth-order valence-electron chi connectivity index (χ4n) is 3.14. The highest BCUT2D eigenvalue weighted by Crippen LogP contribution is 2.33. The minimum atomic E-state index is -3.41. The van der Waals surface area contributed by atoms with Crippen molar-refractivity contribution in [1.82, 2.24) is 4.90 Å². The van der Waals surface area contributed by atoms with Gasteiger partial charge in [-0.15, -0.1) is 0 Å². The maximum absolute atomic E-state index is 13.1. The predicted octanol–water partition coefficient (Wildman–Crippen LogP) is 3.17. The van der Waals surface area contributed by atoms with Gasteiger partial charge in [0.25, 0.3) is 5.91 Å². The highest BCUT2D eigenvalue weighted by Gasteiger charge is 2.30. The second-order valence-electron chi connectivity index (χ2n) is 6.16. The lowest BCUT2D eigenvalue weighted by Gasteiger charge is -2.25. The van der Waals surface area contributed by atoms with Crippen LogP contribution in [0, 0.1) is 5.82 Å². The molecule has 0 unspecified atom stereocenters. The first-order valence-corrected chi connectivity index (χ1v) is 9.87. The van der Waals surface area contributed by atoms with E-state index in [2.05, 4.69) is 4.72 Å². The maximum atomic E-state index is 13.1. The second-order valence-corrected chi connectivity index (χ2v) is 7.91. The van der Waals surface area contributed by atoms with E-state index in [0.29, 0.717) is 17.8 Å². The van der Waals surface area contributed by atoms with Crippen molar-refractivity contribution in [3.8, 4) is 0 Å². The zero-order valence-corrected chi connectivity index (χ0v) is 14.6. The molecular formula is C18H19FN2O3S. The first-order valence-electron chi connectivity index (χ1n) is 7.98. The van der Waals surface area contributed by atoms with Crippen LogP contribution in [0.5, 0.6) is 0 Å². The monoisotopic (exact) mass is 362 g/mol. The van der Waals surface area contributed by atoms with Gasteiger partial charge in [-0.1, -0.05) is 18.2 Å². The summed E-state index contributed by atoms with van der Waals surface area (Å²) in [6.07, 6.45) is 2.75. The van der Waals surface area contributed by atoms with Crippen LogP contribution in [-0.2, 0) is 10.0 Å². The van der Waals surface area contributed by atoms with Crippen molar-refractivity contribution in [3.05, 3.63) is 65.5 Å². The molecule has 0 radical (unpaired) electrons. The number of halogens is 1. The van der Waals surface area contributed by atoms with Crippen LogP contribution in [0.4, 0.5) is 10.1 Å². The molecule has 0 aromatic heterocycles. The van der Waals surface area contributed by atoms with E-state index in [-0.39, 0.29) is 17.8 Å². The molecule has 132 valence electrons. The van der Waals surface area contributed by atoms with Gasteiger partial charge in [0.15, 0.2) is 0 Å². The van der Waals surface area contributed by atoms with Crippen molar-refractivity contribution in [3.63, 3.8) is 0 Å². The second kappa shape index (κ2) is 6.84. The first kappa shape index (κ1) is 17.4. The Morgan fingerprint density at radius 1 is 1.20 bits per heavy atom. The van der Waals surface area contributed by atoms with E-state index in [1.807, 2.05) is 0 Å². The van der Waals surface area contributed by atoms with Gasteiger partial charge < -0.3 is 4.90 Å². The summed E-state index contributed by atoms with van der Waals surface area (Å²) in [4.78, 5) is 14.6. The molecule has 3 rings (SSSR count). The highest BCUT2D eigenvalue weighted by atomic mass is 32.2. The van der Waals surface area contributed by atoms with E-state index in [0.717, 1.165) is 24.7 Å². The lowest BCUT2D eigenvalue weighted by Crippen LogP contribution is -2.30. The lowest BCUT2D eigenvalue weighted by atomic mass is 10.0. The molecule has 7 heteroatoms. The van der Waals surface area contributed by atoms with Crippen LogP contribution in [0.15, 0.2) is 48.5 Å². The van der Waals surface area contributed by atoms with Gasteiger partial charge in [-0.3, -0.25) is 9.52 Å². The number of carbonyl (C=O) groups excluding carboxylic acids is 1. The van der Waals surface area contributed by atoms with Gasteiger partial charge in [-0.05, 0) is 48.7 Å². The van der Waals surface area contributed by atoms with Crippen LogP contribution in [0.2, 0.25) is 0 Å². The van der Waals surface area contributed by atoms with Crippen LogP contribution >= 0.6 is 0 Å². The lowest BCUT2D eigenvalue weighted by molar-refractivity contribution is 0.0735. The van der Waals surface area contributed by atoms with Crippen molar-refractivity contribution in [2.45, 2.75) is 18.9 Å². The van der Waals surface area contributed by atoms with Crippen LogP contribution in [0.25, 0.3) is 0 Å². The Morgan fingerprint density at radius 3 is 2.60 bits per heavy atom. The average Bonchev–Trinajstić information content (AvgIpc) is 3.03. The molecule has 1 aliphatic heterocycles. The largest absolute Gasteiger partial charge is 0.332 e. The summed E-state index contributed by atoms with van der Waals surface area (Å²) in [5.41, 5.74) is 1.67. The standard InChI is InChI=1S/C18H19FN2O3S/c1-25(23,24)20-16-5-2-4-14(12-16)18(22)21-11-3-6-17(21)13-7-9-15(19)10-8-13/h2,4-5,7-10,12,17,20H,3,6,11H2,1H3/t17-/m1/s1. The molecule has 1 N–H and O–H groups in total. The highest BCUT2D eigenvalue weighted by molar-refractivity contribution is 7.92. The molecule has 0 spiro atoms. The Kier molecular flexibility index (Phi) is 4.76. The molecule has 2 aromatic carbocycles. The quantitative estimate of drug-likeness (QED) is 0.908. The van der Waals surface area contributed by atoms with Crippen molar-refractivity contribution in [2.24, 2.45) is 0 Å². The Morgan fingerprint density at radius 2 is 1.92 bits per heavy atom. The van der Waals surface area contributed by atoms with Crippen LogP contribution in [0.1, 0.15) is 34.8 Å². The Balaban J connectivity index is 1.84. The van der Waals surface area contributed by atoms with Crippen LogP contribution in [0.3, 0.4) is 0 Å². The van der Waals surface area contributed by atoms with Crippen molar-refractivity contribution in [2.75, 3.05) is 17.5 Å². The number of rotatable bonds is 4. The van der Waals surface area contributed by atoms with E-state index in [9.17, 15) is 17.6 Å². The molecule has 1 atom stereocenters. The number of nitrogens with zero attached hydrogens (tertiary/aromatic N) is 1. The maximum Gasteiger partial charge on any atom is 0.254 e. The number of anilines is 1. The molecule has 2 aromatic rings. The minimum Gasteiger partial charge on any atom is -0.332 e. The molecule has 1 amide bonds. The average molecular weight is 362 g/mol. The van der Waals surface area contributed by atoms with Crippen molar-refractivity contribution >= 4 is 21.6 Å². The third kappa shape index (κ3) is 4.17. The van der Waals surface area contributed by atoms with Crippen LogP contribution in [-0.4, -0.2) is 32.0 Å². The Bertz CT molecular complexity index is 881. The SMILES string of the molecule is CS(=O)(=O)Nc1cccc(C(=O)N2CCC[C@@H]2c2ccc(F)cc2)c1. The molecular weight excluding hydrogens is 343 g/mol. The minimum absolute atomic E-state index is 0.0976. The number of carbonyl (C=O) groups is 1. The van der Waals surface area contributed by atoms with Crippen molar-refractivity contribution < 1.29 is 17.6 Å². The number of nitrogens with one attached hydrogen (secondary N) is 1. The topological polar surface area (TPSA) is 66.5 Å². The number of hydrogen-bond donors (Lipinski definition) is 1. The number of hydrogen-bond acceptors (Lipinski definition) is 3. The van der Waals surface area contributed by atoms with Gasteiger partial charge in [0, 0.05) is 17.8 Å². The van der Waals surface area contributed by atoms with Gasteiger partial charge >= 0.3 is 0 Å². The number of sulfonamides is 1. The van der Waals surface area contributed by atoms with Gasteiger partial charge in [0.05, 0.1) is 12.3 Å². The van der Waals surface area contributed by atoms with E-state index >= 15 is 0 Å². The fraction of sp³-hybridized carbons (Fsp3) is 0.278. The fourth-order valence-corrected chi connectivity index (χ4v) is 3.69. The van der Waals surface area contributed by atoms with Gasteiger partial charge in [0.2, 0.25) is 10.0 Å². The van der Waals surface area contributed by atoms with Crippen LogP contribution < -0.4 is 4.72 Å². The number of likely N-dealkylation sites (tertiary alicyclic amines) is 1. The first-order chi connectivity index (χ1) is 11.8. The molecule has 1 aliphatic rings. The van der Waals surface area contributed by atoms with E-state index in [1.165, 1.54) is 18.2 Å². The van der Waals surface area contributed by atoms with E-state index in [1.54, 1.807) is 35.2 Å². The zero-order valence-electron chi connectivity index (χ0n) is 13.8. The third-order valence-corrected chi connectivity index (χ3v) is 4.79.